The molecule has 1 aromatic carbocycles. The summed E-state index contributed by atoms with van der Waals surface area (Å²) < 4.78 is 11.5. The van der Waals surface area contributed by atoms with Gasteiger partial charge in [-0.1, -0.05) is 25.5 Å². The monoisotopic (exact) mass is 321 g/mol. The third-order valence-electron chi connectivity index (χ3n) is 3.22. The highest BCUT2D eigenvalue weighted by Gasteiger charge is 2.07. The second-order valence-electron chi connectivity index (χ2n) is 5.41. The van der Waals surface area contributed by atoms with E-state index in [2.05, 4.69) is 18.7 Å². The maximum atomic E-state index is 11.1. The van der Waals surface area contributed by atoms with Gasteiger partial charge in [-0.25, -0.2) is 4.79 Å². The molecule has 0 bridgehead atoms. The van der Waals surface area contributed by atoms with Crippen molar-refractivity contribution in [2.75, 3.05) is 13.2 Å². The van der Waals surface area contributed by atoms with Gasteiger partial charge < -0.3 is 14.3 Å². The molecule has 0 amide bonds. The Hall–Kier alpha value is -2.01. The molecule has 2 N–H and O–H groups in total. The van der Waals surface area contributed by atoms with Crippen molar-refractivity contribution in [1.82, 2.24) is 0 Å². The van der Waals surface area contributed by atoms with Crippen LogP contribution in [0.1, 0.15) is 45.6 Å². The van der Waals surface area contributed by atoms with Crippen LogP contribution in [-0.2, 0) is 16.1 Å². The maximum Gasteiger partial charge on any atom is 0.349 e. The third-order valence-corrected chi connectivity index (χ3v) is 3.22. The van der Waals surface area contributed by atoms with E-state index in [0.717, 1.165) is 48.3 Å². The molecule has 0 saturated carbocycles. The molecule has 1 aromatic rings. The van der Waals surface area contributed by atoms with Crippen LogP contribution in [0.2, 0.25) is 0 Å². The Labute approximate surface area is 138 Å². The first-order valence-electron chi connectivity index (χ1n) is 8.07. The van der Waals surface area contributed by atoms with E-state index in [-0.39, 0.29) is 0 Å². The zero-order valence-corrected chi connectivity index (χ0v) is 14.3. The van der Waals surface area contributed by atoms with E-state index < -0.39 is 5.97 Å². The van der Waals surface area contributed by atoms with Crippen molar-refractivity contribution in [3.8, 4) is 11.5 Å². The molecule has 0 aromatic heterocycles. The molecule has 0 radical (unpaired) electrons. The molecule has 5 heteroatoms. The van der Waals surface area contributed by atoms with Gasteiger partial charge in [0.05, 0.1) is 13.2 Å². The summed E-state index contributed by atoms with van der Waals surface area (Å²) in [6, 6.07) is 5.98. The number of aryl methyl sites for hydroxylation is 1. The van der Waals surface area contributed by atoms with Crippen LogP contribution in [0.15, 0.2) is 29.8 Å². The molecule has 128 valence electrons. The first-order valence-corrected chi connectivity index (χ1v) is 8.07. The number of hydrogen-bond donors (Lipinski definition) is 1. The molecule has 0 saturated heterocycles. The number of carbonyl (C=O) groups excluding carboxylic acids is 1. The fourth-order valence-electron chi connectivity index (χ4n) is 2.01. The first kappa shape index (κ1) is 19.0. The van der Waals surface area contributed by atoms with Gasteiger partial charge in [-0.05, 0) is 50.3 Å². The largest absolute Gasteiger partial charge is 0.490 e. The number of benzene rings is 1. The Bertz CT molecular complexity index is 526. The predicted octanol–water partition coefficient (Wildman–Crippen LogP) is 3.56. The van der Waals surface area contributed by atoms with Gasteiger partial charge >= 0.3 is 5.97 Å². The third kappa shape index (κ3) is 7.19. The van der Waals surface area contributed by atoms with Gasteiger partial charge in [0.15, 0.2) is 11.5 Å². The summed E-state index contributed by atoms with van der Waals surface area (Å²) in [7, 11) is 0. The number of rotatable bonds is 10. The Morgan fingerprint density at radius 1 is 1.13 bits per heavy atom. The average Bonchev–Trinajstić information content (AvgIpc) is 2.56. The van der Waals surface area contributed by atoms with E-state index in [4.69, 9.17) is 15.4 Å². The normalized spacial score (nSPS) is 11.2. The lowest BCUT2D eigenvalue weighted by atomic mass is 10.0. The minimum atomic E-state index is -0.530. The first-order chi connectivity index (χ1) is 11.1. The summed E-state index contributed by atoms with van der Waals surface area (Å²) >= 11 is 0. The number of ether oxygens (including phenoxy) is 2. The minimum absolute atomic E-state index is 0.530. The molecular formula is C18H27NO4. The SMILES string of the molecule is CCCOc1ccc(CCC(C)=CC(=O)ON)cc1OCCC. The molecule has 0 unspecified atom stereocenters. The standard InChI is InChI=1S/C18H27NO4/c1-4-10-21-16-9-8-15(13-17(16)22-11-5-2)7-6-14(3)12-18(20)23-19/h8-9,12-13H,4-7,10-11,19H2,1-3H3. The highest BCUT2D eigenvalue weighted by Crippen LogP contribution is 2.29. The topological polar surface area (TPSA) is 70.8 Å². The quantitative estimate of drug-likeness (QED) is 0.527. The fraction of sp³-hybridized carbons (Fsp3) is 0.500. The van der Waals surface area contributed by atoms with Crippen LogP contribution in [0.4, 0.5) is 0 Å². The van der Waals surface area contributed by atoms with Crippen LogP contribution in [0.5, 0.6) is 11.5 Å². The van der Waals surface area contributed by atoms with E-state index in [9.17, 15) is 4.79 Å². The Kier molecular flexibility index (Phi) is 8.83. The van der Waals surface area contributed by atoms with Crippen LogP contribution >= 0.6 is 0 Å². The summed E-state index contributed by atoms with van der Waals surface area (Å²) in [4.78, 5) is 15.2. The van der Waals surface area contributed by atoms with E-state index in [1.54, 1.807) is 0 Å². The van der Waals surface area contributed by atoms with Crippen molar-refractivity contribution < 1.29 is 19.1 Å². The lowest BCUT2D eigenvalue weighted by Gasteiger charge is -2.13. The average molecular weight is 321 g/mol. The van der Waals surface area contributed by atoms with E-state index in [1.807, 2.05) is 25.1 Å². The summed E-state index contributed by atoms with van der Waals surface area (Å²) in [6.45, 7) is 7.35. The van der Waals surface area contributed by atoms with Gasteiger partial charge in [-0.15, -0.1) is 0 Å². The van der Waals surface area contributed by atoms with Crippen LogP contribution in [-0.4, -0.2) is 19.2 Å². The van der Waals surface area contributed by atoms with Crippen molar-refractivity contribution in [3.63, 3.8) is 0 Å². The molecule has 0 aliphatic rings. The highest BCUT2D eigenvalue weighted by atomic mass is 16.7. The summed E-state index contributed by atoms with van der Waals surface area (Å²) in [6.07, 6.45) is 4.86. The Morgan fingerprint density at radius 3 is 2.39 bits per heavy atom. The van der Waals surface area contributed by atoms with Gasteiger partial charge in [0.2, 0.25) is 0 Å². The number of nitrogens with two attached hydrogens (primary N) is 1. The minimum Gasteiger partial charge on any atom is -0.490 e. The van der Waals surface area contributed by atoms with Crippen molar-refractivity contribution in [2.24, 2.45) is 5.90 Å². The van der Waals surface area contributed by atoms with Crippen LogP contribution in [0.25, 0.3) is 0 Å². The Morgan fingerprint density at radius 2 is 1.78 bits per heavy atom. The predicted molar refractivity (Wildman–Crippen MR) is 90.4 cm³/mol. The smallest absolute Gasteiger partial charge is 0.349 e. The van der Waals surface area contributed by atoms with Crippen molar-refractivity contribution in [2.45, 2.75) is 46.5 Å². The summed E-state index contributed by atoms with van der Waals surface area (Å²) in [5.74, 6) is 5.86. The van der Waals surface area contributed by atoms with Crippen molar-refractivity contribution in [3.05, 3.63) is 35.4 Å². The molecule has 23 heavy (non-hydrogen) atoms. The van der Waals surface area contributed by atoms with E-state index in [1.165, 1.54) is 6.08 Å². The zero-order chi connectivity index (χ0) is 17.1. The molecule has 0 heterocycles. The van der Waals surface area contributed by atoms with Gasteiger partial charge in [0.25, 0.3) is 0 Å². The fourth-order valence-corrected chi connectivity index (χ4v) is 2.01. The number of carbonyl (C=O) groups is 1. The highest BCUT2D eigenvalue weighted by molar-refractivity contribution is 5.82. The summed E-state index contributed by atoms with van der Waals surface area (Å²) in [5, 5.41) is 0. The van der Waals surface area contributed by atoms with Crippen molar-refractivity contribution in [1.29, 1.82) is 0 Å². The second-order valence-corrected chi connectivity index (χ2v) is 5.41. The van der Waals surface area contributed by atoms with Crippen LogP contribution in [0, 0.1) is 0 Å². The van der Waals surface area contributed by atoms with Crippen LogP contribution in [0.3, 0.4) is 0 Å². The Balaban J connectivity index is 2.75. The van der Waals surface area contributed by atoms with Gasteiger partial charge in [0, 0.05) is 6.08 Å². The molecule has 5 nitrogen and oxygen atoms in total. The lowest BCUT2D eigenvalue weighted by Crippen LogP contribution is -2.07. The molecule has 1 rings (SSSR count). The van der Waals surface area contributed by atoms with Gasteiger partial charge in [-0.3, -0.25) is 0 Å². The van der Waals surface area contributed by atoms with Crippen LogP contribution < -0.4 is 15.4 Å². The maximum absolute atomic E-state index is 11.1. The molecule has 0 aliphatic carbocycles. The molecule has 0 spiro atoms. The van der Waals surface area contributed by atoms with Gasteiger partial charge in [0.1, 0.15) is 0 Å². The van der Waals surface area contributed by atoms with Gasteiger partial charge in [-0.2, -0.15) is 5.90 Å². The molecule has 0 atom stereocenters. The van der Waals surface area contributed by atoms with E-state index in [0.29, 0.717) is 13.2 Å². The number of hydrogen-bond acceptors (Lipinski definition) is 5. The molecule has 0 fully saturated rings. The molecule has 0 aliphatic heterocycles. The molecular weight excluding hydrogens is 294 g/mol. The second kappa shape index (κ2) is 10.7. The zero-order valence-electron chi connectivity index (χ0n) is 14.3. The van der Waals surface area contributed by atoms with Crippen molar-refractivity contribution >= 4 is 5.97 Å². The lowest BCUT2D eigenvalue weighted by molar-refractivity contribution is -0.138. The summed E-state index contributed by atoms with van der Waals surface area (Å²) in [5.41, 5.74) is 2.05. The number of allylic oxidation sites excluding steroid dienone is 1. The van der Waals surface area contributed by atoms with E-state index >= 15 is 0 Å².